The zero-order valence-electron chi connectivity index (χ0n) is 11.3. The second kappa shape index (κ2) is 5.73. The molecule has 1 aromatic rings. The SMILES string of the molecule is COc1cc(C2=CC(=O)CCC2)c([N+](=O)[O-])cc1OC. The molecule has 1 aliphatic rings. The molecule has 6 nitrogen and oxygen atoms in total. The van der Waals surface area contributed by atoms with Crippen molar-refractivity contribution in [3.05, 3.63) is 33.9 Å². The molecule has 0 aliphatic heterocycles. The van der Waals surface area contributed by atoms with E-state index in [0.717, 1.165) is 0 Å². The number of benzene rings is 1. The number of carbonyl (C=O) groups excluding carboxylic acids is 1. The molecule has 106 valence electrons. The summed E-state index contributed by atoms with van der Waals surface area (Å²) < 4.78 is 10.2. The van der Waals surface area contributed by atoms with E-state index < -0.39 is 4.92 Å². The number of nitro groups is 1. The summed E-state index contributed by atoms with van der Waals surface area (Å²) in [4.78, 5) is 22.2. The van der Waals surface area contributed by atoms with Gasteiger partial charge < -0.3 is 9.47 Å². The molecule has 0 atom stereocenters. The van der Waals surface area contributed by atoms with Crippen LogP contribution >= 0.6 is 0 Å². The van der Waals surface area contributed by atoms with Crippen molar-refractivity contribution < 1.29 is 19.2 Å². The monoisotopic (exact) mass is 277 g/mol. The Bertz CT molecular complexity index is 591. The van der Waals surface area contributed by atoms with E-state index in [1.54, 1.807) is 6.07 Å². The fraction of sp³-hybridized carbons (Fsp3) is 0.357. The van der Waals surface area contributed by atoms with Gasteiger partial charge in [-0.15, -0.1) is 0 Å². The third-order valence-electron chi connectivity index (χ3n) is 3.25. The van der Waals surface area contributed by atoms with E-state index in [1.807, 2.05) is 0 Å². The molecule has 0 fully saturated rings. The molecule has 0 spiro atoms. The van der Waals surface area contributed by atoms with Crippen LogP contribution in [0.5, 0.6) is 11.5 Å². The fourth-order valence-electron chi connectivity index (χ4n) is 2.28. The van der Waals surface area contributed by atoms with Crippen LogP contribution < -0.4 is 9.47 Å². The molecule has 20 heavy (non-hydrogen) atoms. The quantitative estimate of drug-likeness (QED) is 0.624. The number of hydrogen-bond acceptors (Lipinski definition) is 5. The molecule has 0 saturated carbocycles. The molecule has 0 heterocycles. The van der Waals surface area contributed by atoms with Crippen LogP contribution in [0.15, 0.2) is 18.2 Å². The first-order chi connectivity index (χ1) is 9.56. The minimum Gasteiger partial charge on any atom is -0.493 e. The van der Waals surface area contributed by atoms with E-state index in [4.69, 9.17) is 9.47 Å². The molecule has 1 aromatic carbocycles. The van der Waals surface area contributed by atoms with E-state index in [2.05, 4.69) is 0 Å². The Hall–Kier alpha value is -2.37. The van der Waals surface area contributed by atoms with Crippen molar-refractivity contribution in [2.75, 3.05) is 14.2 Å². The molecule has 0 amide bonds. The van der Waals surface area contributed by atoms with Gasteiger partial charge in [-0.1, -0.05) is 0 Å². The van der Waals surface area contributed by atoms with Gasteiger partial charge in [0.05, 0.1) is 30.8 Å². The maximum atomic E-state index is 11.5. The van der Waals surface area contributed by atoms with Gasteiger partial charge in [-0.3, -0.25) is 14.9 Å². The lowest BCUT2D eigenvalue weighted by Crippen LogP contribution is -2.05. The van der Waals surface area contributed by atoms with Gasteiger partial charge in [-0.2, -0.15) is 0 Å². The van der Waals surface area contributed by atoms with Gasteiger partial charge >= 0.3 is 0 Å². The summed E-state index contributed by atoms with van der Waals surface area (Å²) in [6, 6.07) is 2.88. The van der Waals surface area contributed by atoms with Crippen LogP contribution in [-0.4, -0.2) is 24.9 Å². The number of allylic oxidation sites excluding steroid dienone is 2. The summed E-state index contributed by atoms with van der Waals surface area (Å²) in [6.45, 7) is 0. The summed E-state index contributed by atoms with van der Waals surface area (Å²) in [5.41, 5.74) is 1.01. The molecule has 6 heteroatoms. The Kier molecular flexibility index (Phi) is 4.02. The van der Waals surface area contributed by atoms with Crippen molar-refractivity contribution in [1.82, 2.24) is 0 Å². The Morgan fingerprint density at radius 3 is 2.35 bits per heavy atom. The van der Waals surface area contributed by atoms with Crippen molar-refractivity contribution in [2.45, 2.75) is 19.3 Å². The minimum atomic E-state index is -0.475. The lowest BCUT2D eigenvalue weighted by Gasteiger charge is -2.15. The highest BCUT2D eigenvalue weighted by molar-refractivity contribution is 5.99. The third-order valence-corrected chi connectivity index (χ3v) is 3.25. The number of rotatable bonds is 4. The van der Waals surface area contributed by atoms with E-state index in [1.165, 1.54) is 26.4 Å². The largest absolute Gasteiger partial charge is 0.493 e. The van der Waals surface area contributed by atoms with E-state index in [9.17, 15) is 14.9 Å². The van der Waals surface area contributed by atoms with Crippen molar-refractivity contribution >= 4 is 17.0 Å². The van der Waals surface area contributed by atoms with Gasteiger partial charge in [-0.05, 0) is 30.6 Å². The lowest BCUT2D eigenvalue weighted by molar-refractivity contribution is -0.385. The Morgan fingerprint density at radius 1 is 1.15 bits per heavy atom. The first-order valence-corrected chi connectivity index (χ1v) is 6.21. The predicted octanol–water partition coefficient (Wildman–Crippen LogP) is 2.75. The summed E-state index contributed by atoms with van der Waals surface area (Å²) in [7, 11) is 2.89. The van der Waals surface area contributed by atoms with Crippen LogP contribution in [0.25, 0.3) is 5.57 Å². The maximum Gasteiger partial charge on any atom is 0.280 e. The Labute approximate surface area is 116 Å². The molecular formula is C14H15NO5. The highest BCUT2D eigenvalue weighted by Crippen LogP contribution is 2.39. The van der Waals surface area contributed by atoms with Crippen molar-refractivity contribution in [3.63, 3.8) is 0 Å². The number of nitrogens with zero attached hydrogens (tertiary/aromatic N) is 1. The van der Waals surface area contributed by atoms with Gasteiger partial charge in [0.25, 0.3) is 5.69 Å². The highest BCUT2D eigenvalue weighted by Gasteiger charge is 2.24. The van der Waals surface area contributed by atoms with Gasteiger partial charge in [0.15, 0.2) is 17.3 Å². The molecule has 0 bridgehead atoms. The van der Waals surface area contributed by atoms with Crippen molar-refractivity contribution in [3.8, 4) is 11.5 Å². The number of hydrogen-bond donors (Lipinski definition) is 0. The zero-order valence-corrected chi connectivity index (χ0v) is 11.3. The second-order valence-electron chi connectivity index (χ2n) is 4.47. The van der Waals surface area contributed by atoms with Crippen LogP contribution in [0.1, 0.15) is 24.8 Å². The average molecular weight is 277 g/mol. The van der Waals surface area contributed by atoms with Gasteiger partial charge in [-0.25, -0.2) is 0 Å². The molecule has 1 aliphatic carbocycles. The first kappa shape index (κ1) is 14.0. The lowest BCUT2D eigenvalue weighted by atomic mass is 9.92. The van der Waals surface area contributed by atoms with E-state index in [-0.39, 0.29) is 11.5 Å². The molecule has 0 N–H and O–H groups in total. The van der Waals surface area contributed by atoms with Crippen LogP contribution in [0.3, 0.4) is 0 Å². The smallest absolute Gasteiger partial charge is 0.280 e. The summed E-state index contributed by atoms with van der Waals surface area (Å²) in [5.74, 6) is 0.702. The van der Waals surface area contributed by atoms with Gasteiger partial charge in [0.2, 0.25) is 0 Å². The van der Waals surface area contributed by atoms with Gasteiger partial charge in [0, 0.05) is 6.42 Å². The van der Waals surface area contributed by atoms with Crippen molar-refractivity contribution in [1.29, 1.82) is 0 Å². The number of carbonyl (C=O) groups is 1. The number of ketones is 1. The third kappa shape index (κ3) is 2.64. The Morgan fingerprint density at radius 2 is 1.80 bits per heavy atom. The molecule has 2 rings (SSSR count). The minimum absolute atomic E-state index is 0.00432. The number of nitro benzene ring substituents is 1. The molecule has 0 aromatic heterocycles. The Balaban J connectivity index is 2.61. The summed E-state index contributed by atoms with van der Waals surface area (Å²) in [5, 5.41) is 11.2. The predicted molar refractivity (Wildman–Crippen MR) is 73.0 cm³/mol. The fourth-order valence-corrected chi connectivity index (χ4v) is 2.28. The van der Waals surface area contributed by atoms with Crippen LogP contribution in [0, 0.1) is 10.1 Å². The van der Waals surface area contributed by atoms with E-state index in [0.29, 0.717) is 41.9 Å². The maximum absolute atomic E-state index is 11.5. The average Bonchev–Trinajstić information content (AvgIpc) is 2.45. The van der Waals surface area contributed by atoms with Crippen LogP contribution in [0.4, 0.5) is 5.69 Å². The number of ether oxygens (including phenoxy) is 2. The zero-order chi connectivity index (χ0) is 14.7. The topological polar surface area (TPSA) is 78.7 Å². The van der Waals surface area contributed by atoms with E-state index >= 15 is 0 Å². The molecule has 0 unspecified atom stereocenters. The van der Waals surface area contributed by atoms with Crippen molar-refractivity contribution in [2.24, 2.45) is 0 Å². The molecule has 0 radical (unpaired) electrons. The first-order valence-electron chi connectivity index (χ1n) is 6.21. The van der Waals surface area contributed by atoms with Gasteiger partial charge in [0.1, 0.15) is 0 Å². The standard InChI is InChI=1S/C14H15NO5/c1-19-13-7-11(9-4-3-5-10(16)6-9)12(15(17)18)8-14(13)20-2/h6-8H,3-5H2,1-2H3. The van der Waals surface area contributed by atoms with Crippen LogP contribution in [-0.2, 0) is 4.79 Å². The normalized spacial score (nSPS) is 14.7. The second-order valence-corrected chi connectivity index (χ2v) is 4.47. The molecule has 0 saturated heterocycles. The summed E-state index contributed by atoms with van der Waals surface area (Å²) in [6.07, 6.45) is 3.32. The highest BCUT2D eigenvalue weighted by atomic mass is 16.6. The summed E-state index contributed by atoms with van der Waals surface area (Å²) >= 11 is 0. The molecular weight excluding hydrogens is 262 g/mol. The number of methoxy groups -OCH3 is 2. The van der Waals surface area contributed by atoms with Crippen LogP contribution in [0.2, 0.25) is 0 Å².